The van der Waals surface area contributed by atoms with Crippen LogP contribution in [0.1, 0.15) is 0 Å². The van der Waals surface area contributed by atoms with Crippen molar-refractivity contribution in [2.45, 2.75) is 30.7 Å². The molecule has 0 aromatic heterocycles. The second-order valence-corrected chi connectivity index (χ2v) is 4.58. The number of hydrogen-bond donors (Lipinski definition) is 6. The Hall–Kier alpha value is -0.510. The molecule has 6 N–H and O–H groups in total. The number of hydrogen-bond acceptors (Lipinski definition) is 7. The second-order valence-electron chi connectivity index (χ2n) is 3.39. The minimum Gasteiger partial charge on any atom is -0.412 e. The molecule has 17 heavy (non-hydrogen) atoms. The Morgan fingerprint density at radius 1 is 1.06 bits per heavy atom. The number of phosphoric ester groups is 1. The lowest BCUT2D eigenvalue weighted by Crippen LogP contribution is -2.56. The lowest BCUT2D eigenvalue weighted by atomic mass is 9.99. The monoisotopic (exact) mass is 272 g/mol. The number of aliphatic hydroxyl groups is 4. The van der Waals surface area contributed by atoms with Gasteiger partial charge < -0.3 is 29.7 Å². The highest BCUT2D eigenvalue weighted by molar-refractivity contribution is 7.46. The molecule has 0 spiro atoms. The zero-order valence-corrected chi connectivity index (χ0v) is 9.29. The molecule has 0 saturated carbocycles. The van der Waals surface area contributed by atoms with Crippen molar-refractivity contribution in [1.82, 2.24) is 0 Å². The first-order valence-electron chi connectivity index (χ1n) is 4.51. The molecular formula is C7H13O9P. The van der Waals surface area contributed by atoms with E-state index >= 15 is 0 Å². The minimum atomic E-state index is -4.69. The van der Waals surface area contributed by atoms with E-state index in [2.05, 4.69) is 9.26 Å². The summed E-state index contributed by atoms with van der Waals surface area (Å²) in [5.41, 5.74) is 0. The van der Waals surface area contributed by atoms with E-state index in [-0.39, 0.29) is 0 Å². The first-order valence-corrected chi connectivity index (χ1v) is 6.04. The van der Waals surface area contributed by atoms with Crippen LogP contribution in [0.25, 0.3) is 0 Å². The zero-order valence-electron chi connectivity index (χ0n) is 8.40. The van der Waals surface area contributed by atoms with E-state index in [0.717, 1.165) is 6.08 Å². The van der Waals surface area contributed by atoms with E-state index in [1.54, 1.807) is 0 Å². The van der Waals surface area contributed by atoms with Crippen molar-refractivity contribution in [3.8, 4) is 0 Å². The molecule has 5 atom stereocenters. The average Bonchev–Trinajstić information content (AvgIpc) is 2.21. The highest BCUT2D eigenvalue weighted by atomic mass is 31.2. The van der Waals surface area contributed by atoms with Crippen LogP contribution in [0, 0.1) is 0 Å². The van der Waals surface area contributed by atoms with Gasteiger partial charge in [0.15, 0.2) is 6.29 Å². The molecule has 1 saturated heterocycles. The van der Waals surface area contributed by atoms with Crippen molar-refractivity contribution in [2.24, 2.45) is 0 Å². The van der Waals surface area contributed by atoms with Gasteiger partial charge in [0.25, 0.3) is 0 Å². The van der Waals surface area contributed by atoms with Crippen molar-refractivity contribution in [3.05, 3.63) is 12.3 Å². The molecule has 100 valence electrons. The summed E-state index contributed by atoms with van der Waals surface area (Å²) in [6.45, 7) is 0. The molecule has 0 radical (unpaired) electrons. The number of aliphatic hydroxyl groups excluding tert-OH is 4. The summed E-state index contributed by atoms with van der Waals surface area (Å²) in [5, 5.41) is 36.9. The van der Waals surface area contributed by atoms with Gasteiger partial charge >= 0.3 is 7.82 Å². The van der Waals surface area contributed by atoms with Crippen LogP contribution in [0.4, 0.5) is 0 Å². The molecule has 9 nitrogen and oxygen atoms in total. The average molecular weight is 272 g/mol. The Labute approximate surface area is 95.8 Å². The van der Waals surface area contributed by atoms with Crippen LogP contribution in [-0.2, 0) is 13.8 Å². The van der Waals surface area contributed by atoms with Gasteiger partial charge in [0.1, 0.15) is 24.4 Å². The molecule has 0 aromatic carbocycles. The van der Waals surface area contributed by atoms with Gasteiger partial charge in [-0.25, -0.2) is 4.57 Å². The topological polar surface area (TPSA) is 157 Å². The Morgan fingerprint density at radius 3 is 2.18 bits per heavy atom. The van der Waals surface area contributed by atoms with Gasteiger partial charge in [-0.3, -0.25) is 9.79 Å². The summed E-state index contributed by atoms with van der Waals surface area (Å²) < 4.78 is 18.9. The van der Waals surface area contributed by atoms with Crippen molar-refractivity contribution in [1.29, 1.82) is 0 Å². The first kappa shape index (κ1) is 14.6. The largest absolute Gasteiger partial charge is 0.524 e. The maximum atomic E-state index is 10.3. The predicted molar refractivity (Wildman–Crippen MR) is 51.2 cm³/mol. The standard InChI is InChI=1S/C7H13O9P/c8-4-3(1-2-15-17(12,13)14)16-7(11)6(10)5(4)9/h1-11H,(H2,12,13,14). The first-order chi connectivity index (χ1) is 7.72. The summed E-state index contributed by atoms with van der Waals surface area (Å²) in [6.07, 6.45) is -6.41. The Morgan fingerprint density at radius 2 is 1.65 bits per heavy atom. The van der Waals surface area contributed by atoms with E-state index in [1.165, 1.54) is 0 Å². The van der Waals surface area contributed by atoms with Crippen molar-refractivity contribution in [3.63, 3.8) is 0 Å². The third kappa shape index (κ3) is 4.02. The number of ether oxygens (including phenoxy) is 1. The maximum absolute atomic E-state index is 10.3. The minimum absolute atomic E-state index is 0.575. The molecule has 1 aliphatic rings. The molecule has 1 fully saturated rings. The molecule has 1 heterocycles. The van der Waals surface area contributed by atoms with Crippen molar-refractivity contribution in [2.75, 3.05) is 0 Å². The molecule has 1 aliphatic heterocycles. The van der Waals surface area contributed by atoms with Crippen LogP contribution in [0.2, 0.25) is 0 Å². The smallest absolute Gasteiger partial charge is 0.412 e. The summed E-state index contributed by atoms with van der Waals surface area (Å²) in [6, 6.07) is 0. The van der Waals surface area contributed by atoms with Crippen molar-refractivity contribution < 1.29 is 44.0 Å². The van der Waals surface area contributed by atoms with E-state index in [9.17, 15) is 14.8 Å². The molecule has 0 aliphatic carbocycles. The fraction of sp³-hybridized carbons (Fsp3) is 0.714. The van der Waals surface area contributed by atoms with E-state index < -0.39 is 38.5 Å². The highest BCUT2D eigenvalue weighted by Crippen LogP contribution is 2.36. The quantitative estimate of drug-likeness (QED) is 0.239. The lowest BCUT2D eigenvalue weighted by molar-refractivity contribution is -0.271. The van der Waals surface area contributed by atoms with Crippen LogP contribution in [0.3, 0.4) is 0 Å². The van der Waals surface area contributed by atoms with Crippen molar-refractivity contribution >= 4 is 7.82 Å². The fourth-order valence-electron chi connectivity index (χ4n) is 1.24. The lowest BCUT2D eigenvalue weighted by Gasteiger charge is -2.36. The molecule has 0 aromatic rings. The Bertz CT molecular complexity index is 325. The molecule has 1 rings (SSSR count). The van der Waals surface area contributed by atoms with Crippen LogP contribution in [-0.4, -0.2) is 60.9 Å². The zero-order chi connectivity index (χ0) is 13.2. The number of phosphoric acid groups is 1. The van der Waals surface area contributed by atoms with Gasteiger partial charge in [0, 0.05) is 0 Å². The summed E-state index contributed by atoms with van der Waals surface area (Å²) in [4.78, 5) is 16.7. The van der Waals surface area contributed by atoms with E-state index in [4.69, 9.17) is 20.0 Å². The molecule has 10 heteroatoms. The van der Waals surface area contributed by atoms with Crippen LogP contribution < -0.4 is 0 Å². The van der Waals surface area contributed by atoms with Gasteiger partial charge in [-0.15, -0.1) is 0 Å². The SMILES string of the molecule is O=P(O)(O)OC=CC1OC(O)C(O)C(O)C1O. The summed E-state index contributed by atoms with van der Waals surface area (Å²) >= 11 is 0. The fourth-order valence-corrected chi connectivity index (χ4v) is 1.47. The molecule has 0 bridgehead atoms. The Balaban J connectivity index is 2.62. The van der Waals surface area contributed by atoms with Crippen LogP contribution >= 0.6 is 7.82 Å². The summed E-state index contributed by atoms with van der Waals surface area (Å²) in [7, 11) is -4.69. The predicted octanol–water partition coefficient (Wildman–Crippen LogP) is -2.59. The van der Waals surface area contributed by atoms with Gasteiger partial charge in [0.2, 0.25) is 0 Å². The van der Waals surface area contributed by atoms with Crippen LogP contribution in [0.15, 0.2) is 12.3 Å². The van der Waals surface area contributed by atoms with Gasteiger partial charge in [0.05, 0.1) is 6.26 Å². The second kappa shape index (κ2) is 5.42. The summed E-state index contributed by atoms with van der Waals surface area (Å²) in [5.74, 6) is 0. The maximum Gasteiger partial charge on any atom is 0.524 e. The third-order valence-electron chi connectivity index (χ3n) is 2.09. The van der Waals surface area contributed by atoms with E-state index in [1.807, 2.05) is 0 Å². The molecular weight excluding hydrogens is 259 g/mol. The third-order valence-corrected chi connectivity index (χ3v) is 2.49. The number of rotatable bonds is 3. The normalized spacial score (nSPS) is 39.5. The van der Waals surface area contributed by atoms with Gasteiger partial charge in [-0.2, -0.15) is 0 Å². The Kier molecular flexibility index (Phi) is 4.64. The van der Waals surface area contributed by atoms with Gasteiger partial charge in [-0.05, 0) is 6.08 Å². The van der Waals surface area contributed by atoms with E-state index in [0.29, 0.717) is 6.26 Å². The molecule has 5 unspecified atom stereocenters. The molecule has 0 amide bonds. The highest BCUT2D eigenvalue weighted by Gasteiger charge is 2.41. The van der Waals surface area contributed by atoms with Gasteiger partial charge in [-0.1, -0.05) is 0 Å². The van der Waals surface area contributed by atoms with Crippen LogP contribution in [0.5, 0.6) is 0 Å².